The second kappa shape index (κ2) is 7.57. The molecule has 162 valence electrons. The molecule has 3 heterocycles. The highest BCUT2D eigenvalue weighted by atomic mass is 35.5. The molecule has 0 bridgehead atoms. The normalized spacial score (nSPS) is 22.0. The molecule has 1 fully saturated rings. The Morgan fingerprint density at radius 3 is 2.90 bits per heavy atom. The van der Waals surface area contributed by atoms with Crippen LogP contribution in [0.3, 0.4) is 0 Å². The van der Waals surface area contributed by atoms with E-state index < -0.39 is 16.4 Å². The number of H-pyrrole nitrogens is 1. The van der Waals surface area contributed by atoms with Crippen molar-refractivity contribution in [1.82, 2.24) is 19.5 Å². The van der Waals surface area contributed by atoms with E-state index in [1.165, 1.54) is 6.33 Å². The fourth-order valence-electron chi connectivity index (χ4n) is 4.37. The highest BCUT2D eigenvalue weighted by Crippen LogP contribution is 2.38. The van der Waals surface area contributed by atoms with Crippen LogP contribution in [0.4, 0.5) is 0 Å². The van der Waals surface area contributed by atoms with Gasteiger partial charge in [0.05, 0.1) is 24.1 Å². The van der Waals surface area contributed by atoms with Gasteiger partial charge in [0.2, 0.25) is 0 Å². The number of rotatable bonds is 5. The Morgan fingerprint density at radius 1 is 1.26 bits per heavy atom. The van der Waals surface area contributed by atoms with E-state index in [0.717, 1.165) is 33.3 Å². The van der Waals surface area contributed by atoms with Crippen LogP contribution >= 0.6 is 11.6 Å². The number of nitrogens with zero attached hydrogens (tertiary/aromatic N) is 3. The third-order valence-corrected chi connectivity index (χ3v) is 6.52. The molecule has 1 aliphatic carbocycles. The first-order valence-corrected chi connectivity index (χ1v) is 11.6. The third-order valence-electron chi connectivity index (χ3n) is 5.82. The summed E-state index contributed by atoms with van der Waals surface area (Å²) in [6.45, 7) is -0.145. The Bertz CT molecular complexity index is 1380. The molecule has 3 aromatic heterocycles. The van der Waals surface area contributed by atoms with Crippen LogP contribution in [0.15, 0.2) is 42.9 Å². The number of aromatic amines is 1. The number of aliphatic hydroxyl groups is 1. The number of benzene rings is 1. The van der Waals surface area contributed by atoms with Gasteiger partial charge in [-0.15, -0.1) is 0 Å². The summed E-state index contributed by atoms with van der Waals surface area (Å²) < 4.78 is 28.8. The smallest absolute Gasteiger partial charge is 0.333 e. The molecule has 0 radical (unpaired) electrons. The number of nitrogens with two attached hydrogens (primary N) is 1. The highest BCUT2D eigenvalue weighted by Gasteiger charge is 2.35. The summed E-state index contributed by atoms with van der Waals surface area (Å²) in [5.41, 5.74) is 3.29. The van der Waals surface area contributed by atoms with Crippen LogP contribution < -0.4 is 5.14 Å². The lowest BCUT2D eigenvalue weighted by atomic mass is 10.1. The predicted molar refractivity (Wildman–Crippen MR) is 117 cm³/mol. The van der Waals surface area contributed by atoms with Gasteiger partial charge >= 0.3 is 10.3 Å². The summed E-state index contributed by atoms with van der Waals surface area (Å²) in [6, 6.07) is 9.58. The summed E-state index contributed by atoms with van der Waals surface area (Å²) in [5, 5.41) is 17.8. The fourth-order valence-corrected chi connectivity index (χ4v) is 4.91. The van der Waals surface area contributed by atoms with Crippen molar-refractivity contribution in [3.63, 3.8) is 0 Å². The van der Waals surface area contributed by atoms with Crippen molar-refractivity contribution in [1.29, 1.82) is 0 Å². The number of aliphatic hydroxyl groups excluding tert-OH is 1. The number of nitrogens with one attached hydrogen (secondary N) is 1. The minimum Gasteiger partial charge on any atom is -0.393 e. The van der Waals surface area contributed by atoms with Gasteiger partial charge in [-0.3, -0.25) is 4.18 Å². The predicted octanol–water partition coefficient (Wildman–Crippen LogP) is 2.77. The average Bonchev–Trinajstić information content (AvgIpc) is 3.41. The van der Waals surface area contributed by atoms with Crippen LogP contribution in [0.1, 0.15) is 18.9 Å². The van der Waals surface area contributed by atoms with Gasteiger partial charge in [-0.25, -0.2) is 15.1 Å². The number of aromatic nitrogens is 4. The molecule has 4 N–H and O–H groups in total. The lowest BCUT2D eigenvalue weighted by Gasteiger charge is -2.14. The molecule has 1 saturated carbocycles. The molecule has 0 aliphatic heterocycles. The Morgan fingerprint density at radius 2 is 2.10 bits per heavy atom. The average molecular weight is 462 g/mol. The van der Waals surface area contributed by atoms with E-state index in [1.807, 2.05) is 41.1 Å². The number of fused-ring (bicyclic) bond motifs is 2. The maximum atomic E-state index is 11.1. The molecule has 1 aromatic carbocycles. The molecule has 4 aromatic rings. The summed E-state index contributed by atoms with van der Waals surface area (Å²) in [4.78, 5) is 12.3. The van der Waals surface area contributed by atoms with Gasteiger partial charge in [0.1, 0.15) is 12.0 Å². The zero-order valence-corrected chi connectivity index (χ0v) is 17.8. The lowest BCUT2D eigenvalue weighted by Crippen LogP contribution is -2.24. The van der Waals surface area contributed by atoms with Crippen LogP contribution in [0, 0.1) is 5.92 Å². The minimum absolute atomic E-state index is 0.0501. The van der Waals surface area contributed by atoms with Crippen molar-refractivity contribution in [2.45, 2.75) is 25.0 Å². The maximum absolute atomic E-state index is 11.1. The van der Waals surface area contributed by atoms with Crippen LogP contribution in [-0.2, 0) is 14.5 Å². The highest BCUT2D eigenvalue weighted by molar-refractivity contribution is 7.84. The van der Waals surface area contributed by atoms with Crippen LogP contribution in [-0.4, -0.2) is 45.8 Å². The lowest BCUT2D eigenvalue weighted by molar-refractivity contribution is 0.100. The van der Waals surface area contributed by atoms with Crippen LogP contribution in [0.5, 0.6) is 0 Å². The van der Waals surface area contributed by atoms with E-state index in [4.69, 9.17) is 20.9 Å². The molecular formula is C20H20ClN5O4S. The van der Waals surface area contributed by atoms with E-state index >= 15 is 0 Å². The van der Waals surface area contributed by atoms with Gasteiger partial charge < -0.3 is 14.7 Å². The van der Waals surface area contributed by atoms with Gasteiger partial charge in [0, 0.05) is 39.5 Å². The Hall–Kier alpha value is -2.50. The third kappa shape index (κ3) is 3.92. The zero-order chi connectivity index (χ0) is 21.8. The quantitative estimate of drug-likeness (QED) is 0.418. The van der Waals surface area contributed by atoms with Gasteiger partial charge in [0.15, 0.2) is 0 Å². The molecule has 0 amide bonds. The molecule has 31 heavy (non-hydrogen) atoms. The van der Waals surface area contributed by atoms with Crippen molar-refractivity contribution < 1.29 is 17.7 Å². The minimum atomic E-state index is -4.04. The van der Waals surface area contributed by atoms with Crippen molar-refractivity contribution in [2.75, 3.05) is 6.61 Å². The van der Waals surface area contributed by atoms with Crippen molar-refractivity contribution in [3.8, 4) is 11.4 Å². The molecule has 11 heteroatoms. The fraction of sp³-hybridized carbons (Fsp3) is 0.300. The molecular weight excluding hydrogens is 442 g/mol. The number of halogens is 1. The van der Waals surface area contributed by atoms with Crippen molar-refractivity contribution in [2.24, 2.45) is 11.1 Å². The van der Waals surface area contributed by atoms with E-state index in [-0.39, 0.29) is 18.6 Å². The first-order valence-electron chi connectivity index (χ1n) is 9.74. The van der Waals surface area contributed by atoms with Crippen molar-refractivity contribution >= 4 is 43.8 Å². The summed E-state index contributed by atoms with van der Waals surface area (Å²) >= 11 is 6.10. The number of hydrogen-bond acceptors (Lipinski definition) is 6. The second-order valence-electron chi connectivity index (χ2n) is 7.83. The standard InChI is InChI=1S/C20H20ClN5O4S/c21-13-2-1-11-6-17(25-16(11)7-13)19-15-3-4-26(20(15)24-10-23-19)14-5-12(18(27)8-14)9-30-31(22,28)29/h1-4,6-7,10,12,14,18,25,27H,5,8-9H2,(H2,22,28,29). The molecule has 5 rings (SSSR count). The first kappa shape index (κ1) is 20.4. The van der Waals surface area contributed by atoms with E-state index in [2.05, 4.69) is 15.0 Å². The number of hydrogen-bond donors (Lipinski definition) is 3. The Labute approximate surface area is 183 Å². The molecule has 3 unspecified atom stereocenters. The molecule has 0 spiro atoms. The maximum Gasteiger partial charge on any atom is 0.333 e. The Kier molecular flexibility index (Phi) is 4.98. The molecule has 1 aliphatic rings. The van der Waals surface area contributed by atoms with Crippen molar-refractivity contribution in [3.05, 3.63) is 47.9 Å². The van der Waals surface area contributed by atoms with Gasteiger partial charge in [-0.2, -0.15) is 8.42 Å². The summed E-state index contributed by atoms with van der Waals surface area (Å²) in [5.74, 6) is -0.333. The Balaban J connectivity index is 1.47. The topological polar surface area (TPSA) is 136 Å². The SMILES string of the molecule is NS(=O)(=O)OCC1CC(n2ccc3c(-c4cc5ccc(Cl)cc5[nH]4)ncnc32)CC1O. The summed E-state index contributed by atoms with van der Waals surface area (Å²) in [7, 11) is -4.04. The van der Waals surface area contributed by atoms with Gasteiger partial charge in [-0.1, -0.05) is 17.7 Å². The monoisotopic (exact) mass is 461 g/mol. The molecule has 0 saturated heterocycles. The van der Waals surface area contributed by atoms with Crippen LogP contribution in [0.25, 0.3) is 33.3 Å². The zero-order valence-electron chi connectivity index (χ0n) is 16.3. The van der Waals surface area contributed by atoms with E-state index in [9.17, 15) is 13.5 Å². The van der Waals surface area contributed by atoms with Gasteiger partial charge in [0.25, 0.3) is 0 Å². The summed E-state index contributed by atoms with van der Waals surface area (Å²) in [6.07, 6.45) is 3.75. The van der Waals surface area contributed by atoms with Gasteiger partial charge in [-0.05, 0) is 37.1 Å². The van der Waals surface area contributed by atoms with E-state index in [0.29, 0.717) is 17.9 Å². The van der Waals surface area contributed by atoms with E-state index in [1.54, 1.807) is 0 Å². The second-order valence-corrected chi connectivity index (χ2v) is 9.48. The molecule has 3 atom stereocenters. The molecule has 9 nitrogen and oxygen atoms in total. The largest absolute Gasteiger partial charge is 0.393 e. The first-order chi connectivity index (χ1) is 14.8. The van der Waals surface area contributed by atoms with Crippen LogP contribution in [0.2, 0.25) is 5.02 Å².